The van der Waals surface area contributed by atoms with E-state index in [0.29, 0.717) is 0 Å². The van der Waals surface area contributed by atoms with Crippen molar-refractivity contribution in [2.45, 2.75) is 25.9 Å². The third kappa shape index (κ3) is 4.10. The van der Waals surface area contributed by atoms with Gasteiger partial charge in [-0.05, 0) is 37.7 Å². The van der Waals surface area contributed by atoms with E-state index < -0.39 is 0 Å². The normalized spacial score (nSPS) is 15.3. The summed E-state index contributed by atoms with van der Waals surface area (Å²) in [6.45, 7) is 4.57. The minimum absolute atomic E-state index is 0.122. The summed E-state index contributed by atoms with van der Waals surface area (Å²) in [5.41, 5.74) is 3.91. The van der Waals surface area contributed by atoms with E-state index in [0.717, 1.165) is 45.6 Å². The fraction of sp³-hybridized carbons (Fsp3) is 0.474. The van der Waals surface area contributed by atoms with Gasteiger partial charge in [0.15, 0.2) is 0 Å². The molecule has 0 saturated heterocycles. The average molecular weight is 326 g/mol. The van der Waals surface area contributed by atoms with E-state index >= 15 is 0 Å². The minimum atomic E-state index is 0.122. The van der Waals surface area contributed by atoms with Gasteiger partial charge in [-0.2, -0.15) is 0 Å². The summed E-state index contributed by atoms with van der Waals surface area (Å²) in [6.07, 6.45) is 5.67. The molecule has 0 aliphatic carbocycles. The molecule has 3 rings (SSSR count). The van der Waals surface area contributed by atoms with Crippen LogP contribution in [0.3, 0.4) is 0 Å². The van der Waals surface area contributed by atoms with Crippen molar-refractivity contribution in [3.05, 3.63) is 63.8 Å². The maximum absolute atomic E-state index is 12.3. The van der Waals surface area contributed by atoms with Gasteiger partial charge in [-0.3, -0.25) is 14.7 Å². The summed E-state index contributed by atoms with van der Waals surface area (Å²) < 4.78 is 1.98. The molecule has 0 aromatic carbocycles. The first-order chi connectivity index (χ1) is 11.6. The SMILES string of the molecule is CN(C)CCn1c2c(ccc1=O)CCN(Cc1cccnc1)CC2. The lowest BCUT2D eigenvalue weighted by molar-refractivity contribution is 0.277. The van der Waals surface area contributed by atoms with E-state index in [4.69, 9.17) is 0 Å². The second kappa shape index (κ2) is 7.73. The summed E-state index contributed by atoms with van der Waals surface area (Å²) >= 11 is 0. The van der Waals surface area contributed by atoms with Crippen LogP contribution in [-0.4, -0.2) is 53.1 Å². The molecule has 3 heterocycles. The summed E-state index contributed by atoms with van der Waals surface area (Å²) in [5, 5.41) is 0. The maximum atomic E-state index is 12.3. The topological polar surface area (TPSA) is 41.4 Å². The molecule has 0 fully saturated rings. The third-order valence-electron chi connectivity index (χ3n) is 4.65. The summed E-state index contributed by atoms with van der Waals surface area (Å²) in [4.78, 5) is 21.1. The van der Waals surface area contributed by atoms with Crippen LogP contribution in [0.25, 0.3) is 0 Å². The zero-order valence-electron chi connectivity index (χ0n) is 14.6. The molecular weight excluding hydrogens is 300 g/mol. The highest BCUT2D eigenvalue weighted by Gasteiger charge is 2.17. The average Bonchev–Trinajstić information content (AvgIpc) is 2.77. The number of pyridine rings is 2. The standard InChI is InChI=1S/C19H26N4O/c1-21(2)12-13-23-18-8-11-22(15-16-4-3-9-20-14-16)10-7-17(18)5-6-19(23)24/h3-6,9,14H,7-8,10-13,15H2,1-2H3. The molecule has 2 aromatic heterocycles. The molecule has 2 aromatic rings. The van der Waals surface area contributed by atoms with Gasteiger partial charge in [0, 0.05) is 63.3 Å². The molecule has 1 aliphatic rings. The number of rotatable bonds is 5. The Morgan fingerprint density at radius 2 is 2.00 bits per heavy atom. The zero-order chi connectivity index (χ0) is 16.9. The molecular formula is C19H26N4O. The lowest BCUT2D eigenvalue weighted by atomic mass is 10.1. The molecule has 0 unspecified atom stereocenters. The number of fused-ring (bicyclic) bond motifs is 1. The van der Waals surface area contributed by atoms with Crippen molar-refractivity contribution in [2.24, 2.45) is 0 Å². The maximum Gasteiger partial charge on any atom is 0.250 e. The van der Waals surface area contributed by atoms with Crippen LogP contribution in [0.15, 0.2) is 41.5 Å². The minimum Gasteiger partial charge on any atom is -0.311 e. The molecule has 0 N–H and O–H groups in total. The van der Waals surface area contributed by atoms with Gasteiger partial charge >= 0.3 is 0 Å². The highest BCUT2D eigenvalue weighted by atomic mass is 16.1. The Labute approximate surface area is 143 Å². The van der Waals surface area contributed by atoms with Crippen molar-refractivity contribution >= 4 is 0 Å². The van der Waals surface area contributed by atoms with Crippen molar-refractivity contribution in [3.63, 3.8) is 0 Å². The predicted octanol–water partition coefficient (Wildman–Crippen LogP) is 1.41. The summed E-state index contributed by atoms with van der Waals surface area (Å²) in [7, 11) is 4.09. The molecule has 0 bridgehead atoms. The Morgan fingerprint density at radius 1 is 1.17 bits per heavy atom. The van der Waals surface area contributed by atoms with E-state index in [1.54, 1.807) is 6.07 Å². The fourth-order valence-electron chi connectivity index (χ4n) is 3.30. The van der Waals surface area contributed by atoms with Gasteiger partial charge in [-0.1, -0.05) is 12.1 Å². The van der Waals surface area contributed by atoms with Crippen LogP contribution in [0.2, 0.25) is 0 Å². The van der Waals surface area contributed by atoms with Gasteiger partial charge in [0.05, 0.1) is 0 Å². The number of likely N-dealkylation sites (N-methyl/N-ethyl adjacent to an activating group) is 1. The fourth-order valence-corrected chi connectivity index (χ4v) is 3.30. The van der Waals surface area contributed by atoms with Gasteiger partial charge in [-0.25, -0.2) is 0 Å². The molecule has 0 atom stereocenters. The van der Waals surface area contributed by atoms with Crippen LogP contribution in [0.1, 0.15) is 16.8 Å². The van der Waals surface area contributed by atoms with E-state index in [1.807, 2.05) is 43.2 Å². The summed E-state index contributed by atoms with van der Waals surface area (Å²) in [5.74, 6) is 0. The number of nitrogens with zero attached hydrogens (tertiary/aromatic N) is 4. The van der Waals surface area contributed by atoms with Gasteiger partial charge in [0.25, 0.3) is 5.56 Å². The second-order valence-corrected chi connectivity index (χ2v) is 6.74. The van der Waals surface area contributed by atoms with Gasteiger partial charge in [-0.15, -0.1) is 0 Å². The van der Waals surface area contributed by atoms with Crippen molar-refractivity contribution < 1.29 is 0 Å². The Morgan fingerprint density at radius 3 is 2.75 bits per heavy atom. The van der Waals surface area contributed by atoms with Crippen LogP contribution in [0, 0.1) is 0 Å². The molecule has 5 nitrogen and oxygen atoms in total. The third-order valence-corrected chi connectivity index (χ3v) is 4.65. The van der Waals surface area contributed by atoms with Crippen molar-refractivity contribution in [2.75, 3.05) is 33.7 Å². The van der Waals surface area contributed by atoms with E-state index in [2.05, 4.69) is 20.9 Å². The monoisotopic (exact) mass is 326 g/mol. The van der Waals surface area contributed by atoms with Crippen molar-refractivity contribution in [1.82, 2.24) is 19.4 Å². The highest BCUT2D eigenvalue weighted by molar-refractivity contribution is 5.24. The first kappa shape index (κ1) is 16.9. The quantitative estimate of drug-likeness (QED) is 0.833. The molecule has 1 aliphatic heterocycles. The van der Waals surface area contributed by atoms with Crippen molar-refractivity contribution in [1.29, 1.82) is 0 Å². The molecule has 0 radical (unpaired) electrons. The van der Waals surface area contributed by atoms with E-state index in [9.17, 15) is 4.79 Å². The molecule has 0 saturated carbocycles. The van der Waals surface area contributed by atoms with E-state index in [1.165, 1.54) is 16.8 Å². The van der Waals surface area contributed by atoms with Crippen LogP contribution < -0.4 is 5.56 Å². The van der Waals surface area contributed by atoms with E-state index in [-0.39, 0.29) is 5.56 Å². The molecule has 24 heavy (non-hydrogen) atoms. The van der Waals surface area contributed by atoms with Crippen molar-refractivity contribution in [3.8, 4) is 0 Å². The predicted molar refractivity (Wildman–Crippen MR) is 96.2 cm³/mol. The Bertz CT molecular complexity index is 724. The second-order valence-electron chi connectivity index (χ2n) is 6.74. The first-order valence-corrected chi connectivity index (χ1v) is 8.61. The smallest absolute Gasteiger partial charge is 0.250 e. The van der Waals surface area contributed by atoms with Crippen LogP contribution in [0.5, 0.6) is 0 Å². The van der Waals surface area contributed by atoms with Gasteiger partial charge in [0.1, 0.15) is 0 Å². The zero-order valence-corrected chi connectivity index (χ0v) is 14.6. The first-order valence-electron chi connectivity index (χ1n) is 8.61. The number of hydrogen-bond acceptors (Lipinski definition) is 4. The molecule has 0 spiro atoms. The Kier molecular flexibility index (Phi) is 5.43. The lowest BCUT2D eigenvalue weighted by Crippen LogP contribution is -2.30. The number of hydrogen-bond donors (Lipinski definition) is 0. The molecule has 5 heteroatoms. The van der Waals surface area contributed by atoms with Crippen LogP contribution in [-0.2, 0) is 25.9 Å². The van der Waals surface area contributed by atoms with Crippen LogP contribution >= 0.6 is 0 Å². The van der Waals surface area contributed by atoms with Gasteiger partial charge < -0.3 is 9.47 Å². The Hall–Kier alpha value is -1.98. The molecule has 128 valence electrons. The number of aromatic nitrogens is 2. The lowest BCUT2D eigenvalue weighted by Gasteiger charge is -2.19. The summed E-state index contributed by atoms with van der Waals surface area (Å²) in [6, 6.07) is 7.86. The molecule has 0 amide bonds. The highest BCUT2D eigenvalue weighted by Crippen LogP contribution is 2.16. The van der Waals surface area contributed by atoms with Gasteiger partial charge in [0.2, 0.25) is 0 Å². The largest absolute Gasteiger partial charge is 0.311 e. The van der Waals surface area contributed by atoms with Crippen LogP contribution in [0.4, 0.5) is 0 Å². The Balaban J connectivity index is 1.75.